The van der Waals surface area contributed by atoms with E-state index < -0.39 is 0 Å². The number of rotatable bonds is 3. The number of benzene rings is 1. The zero-order valence-corrected chi connectivity index (χ0v) is 11.6. The Morgan fingerprint density at radius 1 is 1.25 bits per heavy atom. The number of nitrogens with one attached hydrogen (secondary N) is 1. The van der Waals surface area contributed by atoms with Crippen molar-refractivity contribution in [3.63, 3.8) is 0 Å². The molecule has 1 fully saturated rings. The minimum atomic E-state index is 0.715. The molecule has 88 valence electrons. The van der Waals surface area contributed by atoms with E-state index >= 15 is 0 Å². The first-order valence-electron chi connectivity index (χ1n) is 5.78. The second-order valence-electron chi connectivity index (χ2n) is 4.15. The minimum Gasteiger partial charge on any atom is -0.316 e. The van der Waals surface area contributed by atoms with Crippen LogP contribution in [0.3, 0.4) is 0 Å². The average molecular weight is 253 g/mol. The van der Waals surface area contributed by atoms with Crippen molar-refractivity contribution < 1.29 is 0 Å². The number of hydrogen-bond donors (Lipinski definition) is 1. The Balaban J connectivity index is 2.24. The number of piperidine rings is 1. The maximum Gasteiger partial charge on any atom is 0.0116 e. The Kier molecular flexibility index (Phi) is 4.62. The van der Waals surface area contributed by atoms with Gasteiger partial charge in [-0.05, 0) is 55.5 Å². The summed E-state index contributed by atoms with van der Waals surface area (Å²) in [6.07, 6.45) is 6.96. The van der Waals surface area contributed by atoms with Crippen molar-refractivity contribution in [1.29, 1.82) is 0 Å². The van der Waals surface area contributed by atoms with Gasteiger partial charge in [-0.1, -0.05) is 6.07 Å². The van der Waals surface area contributed by atoms with E-state index in [1.165, 1.54) is 34.7 Å². The summed E-state index contributed by atoms with van der Waals surface area (Å²) >= 11 is 3.70. The quantitative estimate of drug-likeness (QED) is 0.827. The van der Waals surface area contributed by atoms with Crippen LogP contribution in [0.15, 0.2) is 28.0 Å². The maximum absolute atomic E-state index is 3.50. The summed E-state index contributed by atoms with van der Waals surface area (Å²) in [6, 6.07) is 6.92. The maximum atomic E-state index is 3.50. The van der Waals surface area contributed by atoms with Crippen molar-refractivity contribution >= 4 is 23.5 Å². The third-order valence-corrected chi connectivity index (χ3v) is 4.70. The summed E-state index contributed by atoms with van der Waals surface area (Å²) in [5, 5.41) is 3.50. The molecule has 1 atom stereocenters. The fourth-order valence-electron chi connectivity index (χ4n) is 2.27. The molecule has 0 amide bonds. The van der Waals surface area contributed by atoms with Crippen molar-refractivity contribution in [2.75, 3.05) is 25.6 Å². The van der Waals surface area contributed by atoms with E-state index in [9.17, 15) is 0 Å². The van der Waals surface area contributed by atoms with Gasteiger partial charge in [0.05, 0.1) is 0 Å². The third-order valence-electron chi connectivity index (χ3n) is 3.18. The number of hydrogen-bond acceptors (Lipinski definition) is 3. The van der Waals surface area contributed by atoms with Gasteiger partial charge in [-0.15, -0.1) is 23.5 Å². The standard InChI is InChI=1S/C13H19NS2/c1-15-11-5-6-12(13(8-11)16-2)10-4-3-7-14-9-10/h5-6,8,10,14H,3-4,7,9H2,1-2H3. The van der Waals surface area contributed by atoms with E-state index in [1.54, 1.807) is 0 Å². The molecule has 0 saturated carbocycles. The normalized spacial score (nSPS) is 21.0. The van der Waals surface area contributed by atoms with Gasteiger partial charge in [0, 0.05) is 16.3 Å². The van der Waals surface area contributed by atoms with Crippen LogP contribution in [-0.4, -0.2) is 25.6 Å². The molecule has 0 radical (unpaired) electrons. The van der Waals surface area contributed by atoms with Crippen LogP contribution in [0, 0.1) is 0 Å². The Bertz CT molecular complexity index is 346. The van der Waals surface area contributed by atoms with Gasteiger partial charge in [-0.3, -0.25) is 0 Å². The third kappa shape index (κ3) is 2.76. The lowest BCUT2D eigenvalue weighted by molar-refractivity contribution is 0.457. The molecule has 16 heavy (non-hydrogen) atoms. The van der Waals surface area contributed by atoms with Crippen LogP contribution < -0.4 is 5.32 Å². The molecule has 1 aliphatic heterocycles. The summed E-state index contributed by atoms with van der Waals surface area (Å²) in [5.74, 6) is 0.715. The fraction of sp³-hybridized carbons (Fsp3) is 0.538. The summed E-state index contributed by atoms with van der Waals surface area (Å²) in [5.41, 5.74) is 1.54. The van der Waals surface area contributed by atoms with Crippen LogP contribution in [0.5, 0.6) is 0 Å². The predicted molar refractivity (Wildman–Crippen MR) is 74.8 cm³/mol. The first-order valence-corrected chi connectivity index (χ1v) is 8.22. The zero-order chi connectivity index (χ0) is 11.4. The molecule has 1 unspecified atom stereocenters. The van der Waals surface area contributed by atoms with Crippen molar-refractivity contribution in [3.05, 3.63) is 23.8 Å². The zero-order valence-electron chi connectivity index (χ0n) is 9.95. The van der Waals surface area contributed by atoms with Crippen LogP contribution in [0.2, 0.25) is 0 Å². The van der Waals surface area contributed by atoms with Crippen LogP contribution in [0.1, 0.15) is 24.3 Å². The van der Waals surface area contributed by atoms with Crippen LogP contribution >= 0.6 is 23.5 Å². The van der Waals surface area contributed by atoms with Gasteiger partial charge in [0.15, 0.2) is 0 Å². The average Bonchev–Trinajstić information content (AvgIpc) is 2.39. The van der Waals surface area contributed by atoms with Gasteiger partial charge in [-0.2, -0.15) is 0 Å². The monoisotopic (exact) mass is 253 g/mol. The summed E-state index contributed by atoms with van der Waals surface area (Å²) in [7, 11) is 0. The topological polar surface area (TPSA) is 12.0 Å². The van der Waals surface area contributed by atoms with E-state index in [2.05, 4.69) is 36.0 Å². The molecular formula is C13H19NS2. The second-order valence-corrected chi connectivity index (χ2v) is 5.88. The Morgan fingerprint density at radius 2 is 2.12 bits per heavy atom. The molecule has 1 aromatic rings. The fourth-order valence-corrected chi connectivity index (χ4v) is 3.50. The van der Waals surface area contributed by atoms with E-state index in [-0.39, 0.29) is 0 Å². The molecule has 0 bridgehead atoms. The van der Waals surface area contributed by atoms with Gasteiger partial charge >= 0.3 is 0 Å². The summed E-state index contributed by atoms with van der Waals surface area (Å²) in [6.45, 7) is 2.33. The van der Waals surface area contributed by atoms with Crippen LogP contribution in [0.4, 0.5) is 0 Å². The summed E-state index contributed by atoms with van der Waals surface area (Å²) < 4.78 is 0. The predicted octanol–water partition coefficient (Wildman–Crippen LogP) is 3.60. The minimum absolute atomic E-state index is 0.715. The summed E-state index contributed by atoms with van der Waals surface area (Å²) in [4.78, 5) is 2.83. The SMILES string of the molecule is CSc1ccc(C2CCCNC2)c(SC)c1. The van der Waals surface area contributed by atoms with Gasteiger partial charge < -0.3 is 5.32 Å². The van der Waals surface area contributed by atoms with E-state index in [0.29, 0.717) is 5.92 Å². The smallest absolute Gasteiger partial charge is 0.0116 e. The lowest BCUT2D eigenvalue weighted by Crippen LogP contribution is -2.28. The molecule has 0 aromatic heterocycles. The number of thioether (sulfide) groups is 2. The first kappa shape index (κ1) is 12.3. The molecule has 1 nitrogen and oxygen atoms in total. The van der Waals surface area contributed by atoms with Gasteiger partial charge in [0.25, 0.3) is 0 Å². The second kappa shape index (κ2) is 5.99. The highest BCUT2D eigenvalue weighted by Crippen LogP contribution is 2.33. The van der Waals surface area contributed by atoms with E-state index in [1.807, 2.05) is 23.5 Å². The highest BCUT2D eigenvalue weighted by atomic mass is 32.2. The first-order chi connectivity index (χ1) is 7.85. The molecule has 3 heteroatoms. The van der Waals surface area contributed by atoms with Crippen LogP contribution in [0.25, 0.3) is 0 Å². The van der Waals surface area contributed by atoms with Crippen molar-refractivity contribution in [2.24, 2.45) is 0 Å². The molecule has 1 aliphatic rings. The largest absolute Gasteiger partial charge is 0.316 e. The Labute approximate surface area is 107 Å². The van der Waals surface area contributed by atoms with Crippen molar-refractivity contribution in [1.82, 2.24) is 5.32 Å². The van der Waals surface area contributed by atoms with Crippen molar-refractivity contribution in [3.8, 4) is 0 Å². The molecule has 1 N–H and O–H groups in total. The van der Waals surface area contributed by atoms with E-state index in [0.717, 1.165) is 6.54 Å². The lowest BCUT2D eigenvalue weighted by Gasteiger charge is -2.25. The molecule has 0 aliphatic carbocycles. The molecule has 1 aromatic carbocycles. The van der Waals surface area contributed by atoms with E-state index in [4.69, 9.17) is 0 Å². The van der Waals surface area contributed by atoms with Gasteiger partial charge in [-0.25, -0.2) is 0 Å². The Hall–Kier alpha value is -0.120. The Morgan fingerprint density at radius 3 is 2.75 bits per heavy atom. The molecule has 2 rings (SSSR count). The highest BCUT2D eigenvalue weighted by Gasteiger charge is 2.17. The van der Waals surface area contributed by atoms with Gasteiger partial charge in [0.2, 0.25) is 0 Å². The molecule has 1 heterocycles. The molecule has 1 saturated heterocycles. The highest BCUT2D eigenvalue weighted by molar-refractivity contribution is 7.99. The molecule has 0 spiro atoms. The van der Waals surface area contributed by atoms with Crippen LogP contribution in [-0.2, 0) is 0 Å². The van der Waals surface area contributed by atoms with Crippen molar-refractivity contribution in [2.45, 2.75) is 28.6 Å². The van der Waals surface area contributed by atoms with Gasteiger partial charge in [0.1, 0.15) is 0 Å². The molecular weight excluding hydrogens is 234 g/mol. The lowest BCUT2D eigenvalue weighted by atomic mass is 9.92.